The first-order valence-electron chi connectivity index (χ1n) is 5.75. The van der Waals surface area contributed by atoms with Gasteiger partial charge in [0.15, 0.2) is 0 Å². The molecule has 1 fully saturated rings. The third kappa shape index (κ3) is 1.21. The number of aromatic nitrogens is 2. The molecule has 2 aromatic heterocycles. The quantitative estimate of drug-likeness (QED) is 0.720. The highest BCUT2D eigenvalue weighted by molar-refractivity contribution is 5.78. The van der Waals surface area contributed by atoms with E-state index in [-0.39, 0.29) is 5.54 Å². The Bertz CT molecular complexity index is 523. The zero-order valence-corrected chi connectivity index (χ0v) is 9.10. The molecular weight excluding hydrogens is 200 g/mol. The van der Waals surface area contributed by atoms with Gasteiger partial charge in [-0.05, 0) is 31.0 Å². The van der Waals surface area contributed by atoms with E-state index >= 15 is 0 Å². The van der Waals surface area contributed by atoms with E-state index in [1.54, 1.807) is 6.20 Å². The molecule has 0 unspecified atom stereocenters. The summed E-state index contributed by atoms with van der Waals surface area (Å²) >= 11 is 0. The summed E-state index contributed by atoms with van der Waals surface area (Å²) in [5.41, 5.74) is 0.590. The summed E-state index contributed by atoms with van der Waals surface area (Å²) in [5, 5.41) is 1.11. The van der Waals surface area contributed by atoms with E-state index in [2.05, 4.69) is 9.55 Å². The van der Waals surface area contributed by atoms with Crippen molar-refractivity contribution < 1.29 is 4.79 Å². The van der Waals surface area contributed by atoms with Crippen LogP contribution in [-0.2, 0) is 10.3 Å². The van der Waals surface area contributed by atoms with Gasteiger partial charge in [0, 0.05) is 17.8 Å². The highest BCUT2D eigenvalue weighted by Gasteiger charge is 2.36. The zero-order valence-electron chi connectivity index (χ0n) is 9.10. The van der Waals surface area contributed by atoms with Crippen molar-refractivity contribution in [3.05, 3.63) is 30.6 Å². The van der Waals surface area contributed by atoms with E-state index in [1.807, 2.05) is 24.4 Å². The highest BCUT2D eigenvalue weighted by atomic mass is 16.1. The van der Waals surface area contributed by atoms with Gasteiger partial charge in [-0.15, -0.1) is 0 Å². The fraction of sp³-hybridized carbons (Fsp3) is 0.385. The second-order valence-electron chi connectivity index (χ2n) is 4.53. The SMILES string of the molecule is O=CC1(n2ccc3cccnc32)CCCC1. The number of carbonyl (C=O) groups is 1. The maximum atomic E-state index is 11.4. The van der Waals surface area contributed by atoms with Crippen LogP contribution in [0, 0.1) is 0 Å². The number of fused-ring (bicyclic) bond motifs is 1. The third-order valence-corrected chi connectivity index (χ3v) is 3.62. The number of hydrogen-bond acceptors (Lipinski definition) is 2. The molecule has 16 heavy (non-hydrogen) atoms. The van der Waals surface area contributed by atoms with Crippen LogP contribution in [-0.4, -0.2) is 15.8 Å². The van der Waals surface area contributed by atoms with Crippen LogP contribution < -0.4 is 0 Å². The molecule has 1 aliphatic carbocycles. The zero-order chi connectivity index (χ0) is 11.0. The fourth-order valence-electron chi connectivity index (χ4n) is 2.73. The number of rotatable bonds is 2. The van der Waals surface area contributed by atoms with Crippen molar-refractivity contribution in [2.45, 2.75) is 31.2 Å². The molecule has 0 spiro atoms. The Morgan fingerprint density at radius 3 is 2.88 bits per heavy atom. The predicted octanol–water partition coefficient (Wildman–Crippen LogP) is 2.50. The van der Waals surface area contributed by atoms with Gasteiger partial charge in [0.2, 0.25) is 0 Å². The van der Waals surface area contributed by atoms with Crippen molar-refractivity contribution in [3.8, 4) is 0 Å². The fourth-order valence-corrected chi connectivity index (χ4v) is 2.73. The Labute approximate surface area is 94.1 Å². The van der Waals surface area contributed by atoms with E-state index < -0.39 is 0 Å². The van der Waals surface area contributed by atoms with E-state index in [9.17, 15) is 4.79 Å². The van der Waals surface area contributed by atoms with Gasteiger partial charge in [-0.2, -0.15) is 0 Å². The second kappa shape index (κ2) is 3.44. The molecule has 3 nitrogen and oxygen atoms in total. The Hall–Kier alpha value is -1.64. The first-order chi connectivity index (χ1) is 7.86. The van der Waals surface area contributed by atoms with Gasteiger partial charge < -0.3 is 9.36 Å². The van der Waals surface area contributed by atoms with Crippen molar-refractivity contribution in [1.29, 1.82) is 0 Å². The van der Waals surface area contributed by atoms with Crippen molar-refractivity contribution in [2.24, 2.45) is 0 Å². The van der Waals surface area contributed by atoms with Crippen LogP contribution in [0.3, 0.4) is 0 Å². The third-order valence-electron chi connectivity index (χ3n) is 3.62. The van der Waals surface area contributed by atoms with Gasteiger partial charge in [0.25, 0.3) is 0 Å². The van der Waals surface area contributed by atoms with Gasteiger partial charge in [-0.3, -0.25) is 0 Å². The molecule has 1 aliphatic rings. The Morgan fingerprint density at radius 1 is 1.31 bits per heavy atom. The van der Waals surface area contributed by atoms with Gasteiger partial charge in [-0.25, -0.2) is 4.98 Å². The molecule has 0 aliphatic heterocycles. The molecule has 0 bridgehead atoms. The molecule has 2 heterocycles. The maximum absolute atomic E-state index is 11.4. The molecule has 0 amide bonds. The van der Waals surface area contributed by atoms with Crippen LogP contribution in [0.2, 0.25) is 0 Å². The van der Waals surface area contributed by atoms with Crippen molar-refractivity contribution in [1.82, 2.24) is 9.55 Å². The van der Waals surface area contributed by atoms with Crippen LogP contribution >= 0.6 is 0 Å². The average molecular weight is 214 g/mol. The summed E-state index contributed by atoms with van der Waals surface area (Å²) in [6, 6.07) is 5.99. The standard InChI is InChI=1S/C13H14N2O/c16-10-13(6-1-2-7-13)15-9-5-11-4-3-8-14-12(11)15/h3-5,8-10H,1-2,6-7H2. The summed E-state index contributed by atoms with van der Waals surface area (Å²) in [6.07, 6.45) is 9.03. The van der Waals surface area contributed by atoms with Crippen molar-refractivity contribution in [2.75, 3.05) is 0 Å². The Kier molecular flexibility index (Phi) is 2.06. The Balaban J connectivity index is 2.21. The van der Waals surface area contributed by atoms with E-state index in [0.29, 0.717) is 0 Å². The maximum Gasteiger partial charge on any atom is 0.145 e. The molecule has 2 aromatic rings. The smallest absolute Gasteiger partial charge is 0.145 e. The lowest BCUT2D eigenvalue weighted by atomic mass is 10.00. The van der Waals surface area contributed by atoms with Crippen LogP contribution in [0.15, 0.2) is 30.6 Å². The summed E-state index contributed by atoms with van der Waals surface area (Å²) < 4.78 is 2.06. The number of hydrogen-bond donors (Lipinski definition) is 0. The van der Waals surface area contributed by atoms with Crippen LogP contribution in [0.1, 0.15) is 25.7 Å². The van der Waals surface area contributed by atoms with E-state index in [0.717, 1.165) is 43.0 Å². The highest BCUT2D eigenvalue weighted by Crippen LogP contribution is 2.36. The molecule has 0 saturated heterocycles. The minimum atomic E-state index is -0.337. The predicted molar refractivity (Wildman–Crippen MR) is 62.2 cm³/mol. The van der Waals surface area contributed by atoms with Crippen LogP contribution in [0.5, 0.6) is 0 Å². The molecule has 1 saturated carbocycles. The van der Waals surface area contributed by atoms with Crippen LogP contribution in [0.25, 0.3) is 11.0 Å². The van der Waals surface area contributed by atoms with Gasteiger partial charge >= 0.3 is 0 Å². The van der Waals surface area contributed by atoms with Gasteiger partial charge in [-0.1, -0.05) is 12.8 Å². The first kappa shape index (κ1) is 9.58. The topological polar surface area (TPSA) is 34.9 Å². The molecule has 0 N–H and O–H groups in total. The first-order valence-corrected chi connectivity index (χ1v) is 5.75. The Morgan fingerprint density at radius 2 is 2.12 bits per heavy atom. The second-order valence-corrected chi connectivity index (χ2v) is 4.53. The molecule has 3 rings (SSSR count). The molecule has 0 atom stereocenters. The molecule has 0 aromatic carbocycles. The number of nitrogens with zero attached hydrogens (tertiary/aromatic N) is 2. The van der Waals surface area contributed by atoms with Crippen molar-refractivity contribution >= 4 is 17.3 Å². The number of carbonyl (C=O) groups excluding carboxylic acids is 1. The largest absolute Gasteiger partial charge is 0.320 e. The van der Waals surface area contributed by atoms with Crippen molar-refractivity contribution in [3.63, 3.8) is 0 Å². The molecule has 0 radical (unpaired) electrons. The summed E-state index contributed by atoms with van der Waals surface area (Å²) in [6.45, 7) is 0. The normalized spacial score (nSPS) is 19.0. The molecule has 82 valence electrons. The molecule has 3 heteroatoms. The minimum absolute atomic E-state index is 0.337. The monoisotopic (exact) mass is 214 g/mol. The summed E-state index contributed by atoms with van der Waals surface area (Å²) in [4.78, 5) is 15.8. The summed E-state index contributed by atoms with van der Waals surface area (Å²) in [5.74, 6) is 0. The number of aldehydes is 1. The van der Waals surface area contributed by atoms with E-state index in [4.69, 9.17) is 0 Å². The lowest BCUT2D eigenvalue weighted by Crippen LogP contribution is -2.31. The lowest BCUT2D eigenvalue weighted by molar-refractivity contribution is -0.114. The average Bonchev–Trinajstić information content (AvgIpc) is 2.96. The van der Waals surface area contributed by atoms with Gasteiger partial charge in [0.05, 0.1) is 0 Å². The summed E-state index contributed by atoms with van der Waals surface area (Å²) in [7, 11) is 0. The van der Waals surface area contributed by atoms with Gasteiger partial charge in [0.1, 0.15) is 17.5 Å². The van der Waals surface area contributed by atoms with E-state index in [1.165, 1.54) is 0 Å². The lowest BCUT2D eigenvalue weighted by Gasteiger charge is -2.24. The number of pyridine rings is 1. The molecular formula is C13H14N2O. The van der Waals surface area contributed by atoms with Crippen LogP contribution in [0.4, 0.5) is 0 Å². The minimum Gasteiger partial charge on any atom is -0.320 e.